The molecule has 2 N–H and O–H groups in total. The number of likely N-dealkylation sites (tertiary alicyclic amines) is 1. The van der Waals surface area contributed by atoms with Gasteiger partial charge < -0.3 is 20.3 Å². The van der Waals surface area contributed by atoms with Crippen LogP contribution in [0.4, 0.5) is 13.2 Å². The van der Waals surface area contributed by atoms with Gasteiger partial charge in [-0.15, -0.1) is 0 Å². The first-order chi connectivity index (χ1) is 16.3. The van der Waals surface area contributed by atoms with Crippen LogP contribution in [-0.2, 0) is 14.4 Å². The Morgan fingerprint density at radius 2 is 1.71 bits per heavy atom. The van der Waals surface area contributed by atoms with E-state index in [2.05, 4.69) is 17.2 Å². The summed E-state index contributed by atoms with van der Waals surface area (Å²) in [5.74, 6) is -3.84. The van der Waals surface area contributed by atoms with Gasteiger partial charge in [-0.05, 0) is 49.9 Å². The van der Waals surface area contributed by atoms with Gasteiger partial charge in [0.25, 0.3) is 11.7 Å². The van der Waals surface area contributed by atoms with Crippen LogP contribution in [0.3, 0.4) is 0 Å². The summed E-state index contributed by atoms with van der Waals surface area (Å²) in [5, 5.41) is 4.78. The summed E-state index contributed by atoms with van der Waals surface area (Å²) in [6.45, 7) is 8.21. The molecule has 1 fully saturated rings. The minimum atomic E-state index is -5.16. The minimum absolute atomic E-state index is 0.177. The maximum Gasteiger partial charge on any atom is 0.452 e. The van der Waals surface area contributed by atoms with Crippen molar-refractivity contribution in [3.05, 3.63) is 42.0 Å². The number of rotatable bonds is 9. The second-order valence-electron chi connectivity index (χ2n) is 8.76. The highest BCUT2D eigenvalue weighted by atomic mass is 19.4. The number of ketones is 1. The molecule has 1 aliphatic rings. The Hall–Kier alpha value is -3.37. The fourth-order valence-electron chi connectivity index (χ4n) is 3.78. The second kappa shape index (κ2) is 11.4. The summed E-state index contributed by atoms with van der Waals surface area (Å²) >= 11 is 0. The molecule has 1 heterocycles. The van der Waals surface area contributed by atoms with E-state index < -0.39 is 47.8 Å². The highest BCUT2D eigenvalue weighted by molar-refractivity contribution is 6.00. The van der Waals surface area contributed by atoms with Crippen LogP contribution in [0.1, 0.15) is 44.0 Å². The van der Waals surface area contributed by atoms with Gasteiger partial charge in [0.2, 0.25) is 11.8 Å². The Labute approximate surface area is 201 Å². The normalized spacial score (nSPS) is 17.5. The van der Waals surface area contributed by atoms with E-state index in [-0.39, 0.29) is 24.5 Å². The minimum Gasteiger partial charge on any atom is -0.497 e. The van der Waals surface area contributed by atoms with E-state index in [0.717, 1.165) is 0 Å². The topological polar surface area (TPSA) is 105 Å². The van der Waals surface area contributed by atoms with Crippen molar-refractivity contribution in [2.45, 2.75) is 57.9 Å². The lowest BCUT2D eigenvalue weighted by atomic mass is 10.0. The van der Waals surface area contributed by atoms with Crippen molar-refractivity contribution in [3.63, 3.8) is 0 Å². The van der Waals surface area contributed by atoms with E-state index >= 15 is 0 Å². The first-order valence-corrected chi connectivity index (χ1v) is 11.1. The number of amides is 3. The molecule has 35 heavy (non-hydrogen) atoms. The summed E-state index contributed by atoms with van der Waals surface area (Å²) in [7, 11) is 1.49. The third-order valence-electron chi connectivity index (χ3n) is 5.73. The van der Waals surface area contributed by atoms with Crippen LogP contribution in [0.15, 0.2) is 36.4 Å². The Balaban J connectivity index is 2.18. The average Bonchev–Trinajstić information content (AvgIpc) is 3.29. The zero-order valence-electron chi connectivity index (χ0n) is 20.1. The number of nitrogens with one attached hydrogen (secondary N) is 2. The molecule has 192 valence electrons. The van der Waals surface area contributed by atoms with Crippen LogP contribution in [0.2, 0.25) is 0 Å². The number of nitrogens with zero attached hydrogens (tertiary/aromatic N) is 1. The van der Waals surface area contributed by atoms with Crippen molar-refractivity contribution in [1.29, 1.82) is 0 Å². The Kier molecular flexibility index (Phi) is 9.06. The molecule has 1 aromatic rings. The van der Waals surface area contributed by atoms with E-state index in [1.807, 2.05) is 0 Å². The number of methoxy groups -OCH3 is 1. The fraction of sp³-hybridized carbons (Fsp3) is 0.500. The van der Waals surface area contributed by atoms with Gasteiger partial charge in [0.1, 0.15) is 23.9 Å². The number of ether oxygens (including phenoxy) is 1. The number of halogens is 3. The lowest BCUT2D eigenvalue weighted by molar-refractivity contribution is -0.172. The van der Waals surface area contributed by atoms with E-state index in [1.165, 1.54) is 31.1 Å². The largest absolute Gasteiger partial charge is 0.497 e. The number of hydrogen-bond acceptors (Lipinski definition) is 5. The van der Waals surface area contributed by atoms with Gasteiger partial charge in [-0.1, -0.05) is 26.0 Å². The Bertz CT molecular complexity index is 976. The number of hydrogen-bond donors (Lipinski definition) is 2. The van der Waals surface area contributed by atoms with Gasteiger partial charge in [-0.25, -0.2) is 0 Å². The van der Waals surface area contributed by atoms with Crippen LogP contribution in [0.25, 0.3) is 0 Å². The van der Waals surface area contributed by atoms with Crippen molar-refractivity contribution in [3.8, 4) is 5.75 Å². The molecule has 1 aliphatic heterocycles. The Morgan fingerprint density at radius 3 is 2.20 bits per heavy atom. The SMILES string of the molecule is C=C(C)[C@H](NC(=O)[C@@H]1CCCN1C(=O)[C@@H](NC(=O)c1ccc(OC)cc1)C(C)C)C(=O)C(F)(F)F. The zero-order valence-corrected chi connectivity index (χ0v) is 20.1. The molecule has 1 saturated heterocycles. The van der Waals surface area contributed by atoms with Crippen molar-refractivity contribution in [1.82, 2.24) is 15.5 Å². The maximum atomic E-state index is 13.3. The smallest absolute Gasteiger partial charge is 0.452 e. The number of carbonyl (C=O) groups excluding carboxylic acids is 4. The molecule has 3 amide bonds. The maximum absolute atomic E-state index is 13.3. The molecule has 0 aromatic heterocycles. The van der Waals surface area contributed by atoms with E-state index in [1.54, 1.807) is 26.0 Å². The number of carbonyl (C=O) groups is 4. The first-order valence-electron chi connectivity index (χ1n) is 11.1. The molecule has 1 aromatic carbocycles. The molecular formula is C24H30F3N3O5. The molecule has 3 atom stereocenters. The standard InChI is InChI=1S/C24H30F3N3O5/c1-13(2)18(20(31)24(25,26)27)28-22(33)17-7-6-12-30(17)23(34)19(14(3)4)29-21(32)15-8-10-16(35-5)11-9-15/h8-11,14,17-19H,1,6-7,12H2,2-5H3,(H,28,33)(H,29,32)/t17-,18-,19-/m0/s1. The van der Waals surface area contributed by atoms with E-state index in [9.17, 15) is 32.3 Å². The van der Waals surface area contributed by atoms with Crippen LogP contribution < -0.4 is 15.4 Å². The van der Waals surface area contributed by atoms with Gasteiger partial charge >= 0.3 is 6.18 Å². The van der Waals surface area contributed by atoms with Crippen molar-refractivity contribution in [2.75, 3.05) is 13.7 Å². The van der Waals surface area contributed by atoms with Gasteiger partial charge in [0.15, 0.2) is 0 Å². The fourth-order valence-corrected chi connectivity index (χ4v) is 3.78. The number of alkyl halides is 3. The van der Waals surface area contributed by atoms with Crippen molar-refractivity contribution < 1.29 is 37.1 Å². The van der Waals surface area contributed by atoms with Crippen molar-refractivity contribution >= 4 is 23.5 Å². The summed E-state index contributed by atoms with van der Waals surface area (Å²) in [4.78, 5) is 51.9. The van der Waals surface area contributed by atoms with E-state index in [4.69, 9.17) is 4.74 Å². The van der Waals surface area contributed by atoms with E-state index in [0.29, 0.717) is 17.7 Å². The highest BCUT2D eigenvalue weighted by Crippen LogP contribution is 2.24. The van der Waals surface area contributed by atoms with Crippen molar-refractivity contribution in [2.24, 2.45) is 5.92 Å². The molecule has 0 aliphatic carbocycles. The average molecular weight is 498 g/mol. The van der Waals surface area contributed by atoms with Crippen LogP contribution in [0.5, 0.6) is 5.75 Å². The molecule has 0 bridgehead atoms. The molecular weight excluding hydrogens is 467 g/mol. The molecule has 0 unspecified atom stereocenters. The molecule has 2 rings (SSSR count). The van der Waals surface area contributed by atoms with Gasteiger partial charge in [-0.3, -0.25) is 19.2 Å². The lowest BCUT2D eigenvalue weighted by Crippen LogP contribution is -2.57. The quantitative estimate of drug-likeness (QED) is 0.511. The molecule has 0 spiro atoms. The van der Waals surface area contributed by atoms with Gasteiger partial charge in [0.05, 0.1) is 7.11 Å². The lowest BCUT2D eigenvalue weighted by Gasteiger charge is -2.31. The van der Waals surface area contributed by atoms with Gasteiger partial charge in [-0.2, -0.15) is 13.2 Å². The number of benzene rings is 1. The summed E-state index contributed by atoms with van der Waals surface area (Å²) < 4.78 is 43.9. The third kappa shape index (κ3) is 6.83. The predicted octanol–water partition coefficient (Wildman–Crippen LogP) is 2.63. The first kappa shape index (κ1) is 27.9. The summed E-state index contributed by atoms with van der Waals surface area (Å²) in [6.07, 6.45) is -4.51. The van der Waals surface area contributed by atoms with Crippen LogP contribution >= 0.6 is 0 Å². The molecule has 11 heteroatoms. The molecule has 0 radical (unpaired) electrons. The number of Topliss-reactive ketones (excluding diaryl/α,β-unsaturated/α-hetero) is 1. The summed E-state index contributed by atoms with van der Waals surface area (Å²) in [6, 6.07) is 2.27. The highest BCUT2D eigenvalue weighted by Gasteiger charge is 2.46. The monoisotopic (exact) mass is 497 g/mol. The Morgan fingerprint density at radius 1 is 1.11 bits per heavy atom. The molecule has 8 nitrogen and oxygen atoms in total. The van der Waals surface area contributed by atoms with Gasteiger partial charge in [0, 0.05) is 12.1 Å². The molecule has 0 saturated carbocycles. The third-order valence-corrected chi connectivity index (χ3v) is 5.73. The van der Waals surface area contributed by atoms with Crippen LogP contribution in [0, 0.1) is 5.92 Å². The second-order valence-corrected chi connectivity index (χ2v) is 8.76. The summed E-state index contributed by atoms with van der Waals surface area (Å²) in [5.41, 5.74) is 0.123. The zero-order chi connectivity index (χ0) is 26.5. The van der Waals surface area contributed by atoms with Crippen LogP contribution in [-0.4, -0.2) is 66.4 Å². The predicted molar refractivity (Wildman–Crippen MR) is 122 cm³/mol.